The van der Waals surface area contributed by atoms with Crippen molar-refractivity contribution in [3.63, 3.8) is 0 Å². The highest BCUT2D eigenvalue weighted by atomic mass is 16.6. The third-order valence-electron chi connectivity index (χ3n) is 9.73. The quantitative estimate of drug-likeness (QED) is 0.0351. The molecule has 0 fully saturated rings. The van der Waals surface area contributed by atoms with Gasteiger partial charge in [-0.1, -0.05) is 184 Å². The molecule has 0 aliphatic heterocycles. The van der Waals surface area contributed by atoms with E-state index in [0.717, 1.165) is 89.9 Å². The first-order valence-electron chi connectivity index (χ1n) is 23.5. The molecular formula is C51H88O5. The smallest absolute Gasteiger partial charge is 0.306 e. The fourth-order valence-electron chi connectivity index (χ4n) is 6.24. The van der Waals surface area contributed by atoms with E-state index in [-0.39, 0.29) is 25.2 Å². The highest BCUT2D eigenvalue weighted by Crippen LogP contribution is 2.12. The minimum Gasteiger partial charge on any atom is -0.462 e. The van der Waals surface area contributed by atoms with Crippen molar-refractivity contribution in [3.8, 4) is 0 Å². The molecule has 0 radical (unpaired) electrons. The number of carbonyl (C=O) groups is 2. The second kappa shape index (κ2) is 46.7. The van der Waals surface area contributed by atoms with Crippen molar-refractivity contribution >= 4 is 11.9 Å². The number of allylic oxidation sites excluding steroid dienone is 12. The SMILES string of the molecule is CC/C=C\C/C=C\C/C=C\CCCCCCCC(=O)OCC(COCCCCCCCCC/C=C\C/C=C\C/C=C\CCCCC)OC(=O)CCCCCCC. The third-order valence-corrected chi connectivity index (χ3v) is 9.73. The second-order valence-electron chi connectivity index (χ2n) is 15.3. The monoisotopic (exact) mass is 781 g/mol. The lowest BCUT2D eigenvalue weighted by atomic mass is 10.1. The molecule has 1 unspecified atom stereocenters. The molecule has 0 aliphatic rings. The standard InChI is InChI=1S/C51H88O5/c1-4-7-10-13-15-17-19-21-23-24-25-26-27-29-31-33-35-37-40-43-46-54-47-49(56-51(53)45-42-38-12-9-6-3)48-55-50(52)44-41-39-36-34-32-30-28-22-20-18-16-14-11-8-5-2/h8,11,15-18,21-23,25-26,28,49H,4-7,9-10,12-14,19-20,24,27,29-48H2,1-3H3/b11-8-,17-15-,18-16-,23-21-,26-25-,28-22-. The largest absolute Gasteiger partial charge is 0.462 e. The predicted molar refractivity (Wildman–Crippen MR) is 242 cm³/mol. The first-order chi connectivity index (χ1) is 27.6. The van der Waals surface area contributed by atoms with Crippen molar-refractivity contribution in [2.24, 2.45) is 0 Å². The van der Waals surface area contributed by atoms with Crippen LogP contribution in [-0.4, -0.2) is 37.9 Å². The zero-order valence-corrected chi connectivity index (χ0v) is 36.9. The van der Waals surface area contributed by atoms with Crippen LogP contribution in [0.25, 0.3) is 0 Å². The predicted octanol–water partition coefficient (Wildman–Crippen LogP) is 15.6. The highest BCUT2D eigenvalue weighted by molar-refractivity contribution is 5.70. The summed E-state index contributed by atoms with van der Waals surface area (Å²) in [6.07, 6.45) is 59.3. The molecule has 56 heavy (non-hydrogen) atoms. The summed E-state index contributed by atoms with van der Waals surface area (Å²) in [5.74, 6) is -0.437. The number of esters is 2. The Morgan fingerprint density at radius 3 is 1.32 bits per heavy atom. The normalized spacial score (nSPS) is 12.8. The van der Waals surface area contributed by atoms with Gasteiger partial charge in [-0.15, -0.1) is 0 Å². The maximum Gasteiger partial charge on any atom is 0.306 e. The van der Waals surface area contributed by atoms with Crippen molar-refractivity contribution in [1.82, 2.24) is 0 Å². The Kier molecular flexibility index (Phi) is 44.5. The van der Waals surface area contributed by atoms with E-state index in [9.17, 15) is 9.59 Å². The van der Waals surface area contributed by atoms with Gasteiger partial charge in [0.25, 0.3) is 0 Å². The molecule has 0 saturated carbocycles. The van der Waals surface area contributed by atoms with Crippen molar-refractivity contribution in [2.75, 3.05) is 19.8 Å². The Bertz CT molecular complexity index is 1020. The van der Waals surface area contributed by atoms with Gasteiger partial charge in [0, 0.05) is 19.4 Å². The molecule has 5 heteroatoms. The summed E-state index contributed by atoms with van der Waals surface area (Å²) in [4.78, 5) is 25.0. The maximum absolute atomic E-state index is 12.5. The average Bonchev–Trinajstić information content (AvgIpc) is 3.20. The summed E-state index contributed by atoms with van der Waals surface area (Å²) in [6, 6.07) is 0. The lowest BCUT2D eigenvalue weighted by molar-refractivity contribution is -0.163. The van der Waals surface area contributed by atoms with Gasteiger partial charge in [-0.25, -0.2) is 0 Å². The summed E-state index contributed by atoms with van der Waals surface area (Å²) < 4.78 is 17.2. The van der Waals surface area contributed by atoms with E-state index >= 15 is 0 Å². The van der Waals surface area contributed by atoms with Crippen LogP contribution in [0.5, 0.6) is 0 Å². The van der Waals surface area contributed by atoms with Crippen LogP contribution in [0, 0.1) is 0 Å². The van der Waals surface area contributed by atoms with Gasteiger partial charge in [0.05, 0.1) is 6.61 Å². The topological polar surface area (TPSA) is 61.8 Å². The first-order valence-corrected chi connectivity index (χ1v) is 23.5. The van der Waals surface area contributed by atoms with Crippen LogP contribution in [0.1, 0.15) is 213 Å². The lowest BCUT2D eigenvalue weighted by Gasteiger charge is -2.18. The molecule has 0 saturated heterocycles. The molecule has 1 atom stereocenters. The van der Waals surface area contributed by atoms with Crippen molar-refractivity contribution in [2.45, 2.75) is 219 Å². The van der Waals surface area contributed by atoms with Crippen molar-refractivity contribution < 1.29 is 23.8 Å². The number of ether oxygens (including phenoxy) is 3. The van der Waals surface area contributed by atoms with Crippen LogP contribution < -0.4 is 0 Å². The molecule has 0 bridgehead atoms. The Morgan fingerprint density at radius 1 is 0.411 bits per heavy atom. The van der Waals surface area contributed by atoms with Gasteiger partial charge in [-0.3, -0.25) is 9.59 Å². The molecule has 322 valence electrons. The van der Waals surface area contributed by atoms with Crippen molar-refractivity contribution in [1.29, 1.82) is 0 Å². The van der Waals surface area contributed by atoms with E-state index in [2.05, 4.69) is 93.7 Å². The lowest BCUT2D eigenvalue weighted by Crippen LogP contribution is -2.30. The fraction of sp³-hybridized carbons (Fsp3) is 0.725. The Labute approximate surface area is 347 Å². The van der Waals surface area contributed by atoms with E-state index < -0.39 is 6.10 Å². The number of carbonyl (C=O) groups excluding carboxylic acids is 2. The summed E-state index contributed by atoms with van der Waals surface area (Å²) in [7, 11) is 0. The summed E-state index contributed by atoms with van der Waals surface area (Å²) in [6.45, 7) is 7.57. The van der Waals surface area contributed by atoms with Gasteiger partial charge in [-0.2, -0.15) is 0 Å². The Balaban J connectivity index is 4.09. The number of hydrogen-bond acceptors (Lipinski definition) is 5. The molecule has 0 heterocycles. The number of unbranched alkanes of at least 4 members (excludes halogenated alkanes) is 19. The van der Waals surface area contributed by atoms with Gasteiger partial charge in [-0.05, 0) is 89.9 Å². The average molecular weight is 781 g/mol. The summed E-state index contributed by atoms with van der Waals surface area (Å²) in [5.41, 5.74) is 0. The van der Waals surface area contributed by atoms with Crippen LogP contribution in [0.15, 0.2) is 72.9 Å². The zero-order chi connectivity index (χ0) is 40.7. The molecule has 0 aromatic rings. The molecule has 0 aromatic heterocycles. The van der Waals surface area contributed by atoms with Crippen LogP contribution in [-0.2, 0) is 23.8 Å². The van der Waals surface area contributed by atoms with Crippen LogP contribution in [0.3, 0.4) is 0 Å². The molecule has 0 rings (SSSR count). The fourth-order valence-corrected chi connectivity index (χ4v) is 6.24. The Hall–Kier alpha value is -2.66. The van der Waals surface area contributed by atoms with Gasteiger partial charge in [0.2, 0.25) is 0 Å². The molecule has 0 aliphatic carbocycles. The number of hydrogen-bond donors (Lipinski definition) is 0. The van der Waals surface area contributed by atoms with E-state index in [1.165, 1.54) is 89.9 Å². The molecular weight excluding hydrogens is 693 g/mol. The van der Waals surface area contributed by atoms with E-state index in [1.807, 2.05) is 0 Å². The maximum atomic E-state index is 12.5. The van der Waals surface area contributed by atoms with Gasteiger partial charge < -0.3 is 14.2 Å². The highest BCUT2D eigenvalue weighted by Gasteiger charge is 2.17. The summed E-state index contributed by atoms with van der Waals surface area (Å²) >= 11 is 0. The second-order valence-corrected chi connectivity index (χ2v) is 15.3. The van der Waals surface area contributed by atoms with E-state index in [0.29, 0.717) is 19.4 Å². The van der Waals surface area contributed by atoms with Gasteiger partial charge >= 0.3 is 11.9 Å². The molecule has 5 nitrogen and oxygen atoms in total. The van der Waals surface area contributed by atoms with Crippen LogP contribution in [0.4, 0.5) is 0 Å². The Morgan fingerprint density at radius 2 is 0.804 bits per heavy atom. The molecule has 0 aromatic carbocycles. The van der Waals surface area contributed by atoms with Gasteiger partial charge in [0.1, 0.15) is 6.61 Å². The van der Waals surface area contributed by atoms with Crippen LogP contribution >= 0.6 is 0 Å². The van der Waals surface area contributed by atoms with E-state index in [1.54, 1.807) is 0 Å². The van der Waals surface area contributed by atoms with Crippen molar-refractivity contribution in [3.05, 3.63) is 72.9 Å². The zero-order valence-electron chi connectivity index (χ0n) is 36.9. The number of rotatable bonds is 42. The first kappa shape index (κ1) is 53.3. The third kappa shape index (κ3) is 44.1. The van der Waals surface area contributed by atoms with Crippen LogP contribution in [0.2, 0.25) is 0 Å². The minimum absolute atomic E-state index is 0.0696. The van der Waals surface area contributed by atoms with E-state index in [4.69, 9.17) is 14.2 Å². The summed E-state index contributed by atoms with van der Waals surface area (Å²) in [5, 5.41) is 0. The van der Waals surface area contributed by atoms with Gasteiger partial charge in [0.15, 0.2) is 6.10 Å². The minimum atomic E-state index is -0.545. The molecule has 0 spiro atoms. The molecule has 0 amide bonds. The molecule has 0 N–H and O–H groups in total.